The van der Waals surface area contributed by atoms with Gasteiger partial charge < -0.3 is 9.32 Å². The molecular formula is C18H18N4O. The highest BCUT2D eigenvalue weighted by molar-refractivity contribution is 5.65. The molecule has 0 fully saturated rings. The molecule has 0 saturated carbocycles. The summed E-state index contributed by atoms with van der Waals surface area (Å²) in [6.07, 6.45) is 0. The minimum atomic E-state index is 0.549. The number of rotatable bonds is 2. The van der Waals surface area contributed by atoms with Crippen LogP contribution in [0.3, 0.4) is 0 Å². The first-order valence-electron chi connectivity index (χ1n) is 7.62. The standard InChI is InChI=1S/C18H18N4O/c1-21-11-15-10-14(8-9-16(15)22(2)12-21)18-20-19-17(23-18)13-6-4-3-5-7-13/h3-10H,11-12H2,1-2H3. The molecule has 3 aromatic rings. The van der Waals surface area contributed by atoms with E-state index in [1.807, 2.05) is 36.4 Å². The quantitative estimate of drug-likeness (QED) is 0.727. The highest BCUT2D eigenvalue weighted by Gasteiger charge is 2.19. The Labute approximate surface area is 135 Å². The summed E-state index contributed by atoms with van der Waals surface area (Å²) in [5.41, 5.74) is 4.43. The predicted octanol–water partition coefficient (Wildman–Crippen LogP) is 3.24. The molecule has 5 nitrogen and oxygen atoms in total. The van der Waals surface area contributed by atoms with Crippen molar-refractivity contribution in [3.63, 3.8) is 0 Å². The molecule has 0 amide bonds. The minimum Gasteiger partial charge on any atom is -0.416 e. The Kier molecular flexibility index (Phi) is 3.35. The van der Waals surface area contributed by atoms with Crippen LogP contribution in [0.15, 0.2) is 52.9 Å². The van der Waals surface area contributed by atoms with E-state index in [9.17, 15) is 0 Å². The Hall–Kier alpha value is -2.66. The zero-order valence-corrected chi connectivity index (χ0v) is 13.2. The van der Waals surface area contributed by atoms with Crippen LogP contribution in [0.2, 0.25) is 0 Å². The zero-order valence-electron chi connectivity index (χ0n) is 13.2. The van der Waals surface area contributed by atoms with Gasteiger partial charge in [0.15, 0.2) is 0 Å². The molecular weight excluding hydrogens is 288 g/mol. The lowest BCUT2D eigenvalue weighted by molar-refractivity contribution is 0.316. The van der Waals surface area contributed by atoms with Crippen LogP contribution in [0.25, 0.3) is 22.9 Å². The number of aromatic nitrogens is 2. The van der Waals surface area contributed by atoms with E-state index in [-0.39, 0.29) is 0 Å². The molecule has 0 radical (unpaired) electrons. The van der Waals surface area contributed by atoms with Gasteiger partial charge in [-0.2, -0.15) is 0 Å². The Morgan fingerprint density at radius 2 is 1.65 bits per heavy atom. The molecule has 0 unspecified atom stereocenters. The van der Waals surface area contributed by atoms with Gasteiger partial charge in [-0.15, -0.1) is 10.2 Å². The van der Waals surface area contributed by atoms with Crippen LogP contribution in [0.1, 0.15) is 5.56 Å². The lowest BCUT2D eigenvalue weighted by Gasteiger charge is -2.34. The van der Waals surface area contributed by atoms with E-state index in [0.717, 1.165) is 24.3 Å². The fourth-order valence-electron chi connectivity index (χ4n) is 3.03. The maximum atomic E-state index is 5.85. The second-order valence-corrected chi connectivity index (χ2v) is 5.98. The van der Waals surface area contributed by atoms with Gasteiger partial charge in [0.05, 0.1) is 6.67 Å². The third-order valence-electron chi connectivity index (χ3n) is 4.08. The Morgan fingerprint density at radius 1 is 0.913 bits per heavy atom. The summed E-state index contributed by atoms with van der Waals surface area (Å²) in [5.74, 6) is 1.11. The molecule has 0 bridgehead atoms. The molecule has 0 N–H and O–H groups in total. The third-order valence-corrected chi connectivity index (χ3v) is 4.08. The summed E-state index contributed by atoms with van der Waals surface area (Å²) in [5, 5.41) is 8.37. The van der Waals surface area contributed by atoms with E-state index >= 15 is 0 Å². The van der Waals surface area contributed by atoms with Crippen LogP contribution in [-0.2, 0) is 6.54 Å². The maximum absolute atomic E-state index is 5.85. The maximum Gasteiger partial charge on any atom is 0.248 e. The number of benzene rings is 2. The smallest absolute Gasteiger partial charge is 0.248 e. The average molecular weight is 306 g/mol. The molecule has 1 aromatic heterocycles. The van der Waals surface area contributed by atoms with Crippen LogP contribution < -0.4 is 4.90 Å². The summed E-state index contributed by atoms with van der Waals surface area (Å²) in [6.45, 7) is 1.86. The third kappa shape index (κ3) is 2.59. The molecule has 1 aliphatic rings. The van der Waals surface area contributed by atoms with Crippen molar-refractivity contribution < 1.29 is 4.42 Å². The number of fused-ring (bicyclic) bond motifs is 1. The van der Waals surface area contributed by atoms with E-state index < -0.39 is 0 Å². The molecule has 4 rings (SSSR count). The van der Waals surface area contributed by atoms with Crippen LogP contribution in [0, 0.1) is 0 Å². The second kappa shape index (κ2) is 5.52. The van der Waals surface area contributed by atoms with Crippen molar-refractivity contribution in [1.29, 1.82) is 0 Å². The van der Waals surface area contributed by atoms with E-state index in [4.69, 9.17) is 4.42 Å². The molecule has 5 heteroatoms. The van der Waals surface area contributed by atoms with E-state index in [2.05, 4.69) is 46.2 Å². The molecule has 0 atom stereocenters. The van der Waals surface area contributed by atoms with Crippen molar-refractivity contribution >= 4 is 5.69 Å². The van der Waals surface area contributed by atoms with Gasteiger partial charge in [-0.05, 0) is 42.9 Å². The number of hydrogen-bond acceptors (Lipinski definition) is 5. The summed E-state index contributed by atoms with van der Waals surface area (Å²) >= 11 is 0. The van der Waals surface area contributed by atoms with Crippen LogP contribution >= 0.6 is 0 Å². The summed E-state index contributed by atoms with van der Waals surface area (Å²) in [7, 11) is 4.22. The van der Waals surface area contributed by atoms with Gasteiger partial charge >= 0.3 is 0 Å². The van der Waals surface area contributed by atoms with E-state index in [0.29, 0.717) is 11.8 Å². The lowest BCUT2D eigenvalue weighted by Crippen LogP contribution is -2.37. The van der Waals surface area contributed by atoms with Gasteiger partial charge in [-0.25, -0.2) is 0 Å². The monoisotopic (exact) mass is 306 g/mol. The zero-order chi connectivity index (χ0) is 15.8. The van der Waals surface area contributed by atoms with Crippen molar-refractivity contribution in [2.45, 2.75) is 6.54 Å². The largest absolute Gasteiger partial charge is 0.416 e. The molecule has 2 aromatic carbocycles. The minimum absolute atomic E-state index is 0.549. The topological polar surface area (TPSA) is 45.4 Å². The van der Waals surface area contributed by atoms with Gasteiger partial charge in [0, 0.05) is 30.4 Å². The van der Waals surface area contributed by atoms with E-state index in [1.54, 1.807) is 0 Å². The van der Waals surface area contributed by atoms with Crippen molar-refractivity contribution in [2.75, 3.05) is 25.7 Å². The average Bonchev–Trinajstić information content (AvgIpc) is 3.05. The summed E-state index contributed by atoms with van der Waals surface area (Å²) in [6, 6.07) is 16.1. The molecule has 1 aliphatic heterocycles. The summed E-state index contributed by atoms with van der Waals surface area (Å²) in [4.78, 5) is 4.52. The van der Waals surface area contributed by atoms with Crippen LogP contribution in [0.5, 0.6) is 0 Å². The second-order valence-electron chi connectivity index (χ2n) is 5.98. The van der Waals surface area contributed by atoms with E-state index in [1.165, 1.54) is 11.3 Å². The number of nitrogens with zero attached hydrogens (tertiary/aromatic N) is 4. The molecule has 0 aliphatic carbocycles. The van der Waals surface area contributed by atoms with Gasteiger partial charge in [0.25, 0.3) is 0 Å². The Morgan fingerprint density at radius 3 is 2.43 bits per heavy atom. The van der Waals surface area contributed by atoms with Gasteiger partial charge in [0.1, 0.15) is 0 Å². The fourth-order valence-corrected chi connectivity index (χ4v) is 3.03. The van der Waals surface area contributed by atoms with Crippen LogP contribution in [0.4, 0.5) is 5.69 Å². The van der Waals surface area contributed by atoms with Crippen molar-refractivity contribution in [2.24, 2.45) is 0 Å². The molecule has 0 spiro atoms. The number of hydrogen-bond donors (Lipinski definition) is 0. The molecule has 116 valence electrons. The van der Waals surface area contributed by atoms with Crippen molar-refractivity contribution in [1.82, 2.24) is 15.1 Å². The van der Waals surface area contributed by atoms with Crippen molar-refractivity contribution in [3.05, 3.63) is 54.1 Å². The fraction of sp³-hybridized carbons (Fsp3) is 0.222. The van der Waals surface area contributed by atoms with Gasteiger partial charge in [-0.1, -0.05) is 18.2 Å². The summed E-state index contributed by atoms with van der Waals surface area (Å²) < 4.78 is 5.85. The van der Waals surface area contributed by atoms with Crippen molar-refractivity contribution in [3.8, 4) is 22.9 Å². The molecule has 2 heterocycles. The predicted molar refractivity (Wildman–Crippen MR) is 89.9 cm³/mol. The SMILES string of the molecule is CN1Cc2cc(-c3nnc(-c4ccccc4)o3)ccc2N(C)C1. The highest BCUT2D eigenvalue weighted by Crippen LogP contribution is 2.31. The van der Waals surface area contributed by atoms with Crippen LogP contribution in [-0.4, -0.2) is 35.9 Å². The first-order valence-corrected chi connectivity index (χ1v) is 7.62. The molecule has 0 saturated heterocycles. The van der Waals surface area contributed by atoms with Gasteiger partial charge in [-0.3, -0.25) is 4.90 Å². The number of anilines is 1. The molecule has 23 heavy (non-hydrogen) atoms. The first kappa shape index (κ1) is 14.0. The normalized spacial score (nSPS) is 14.8. The lowest BCUT2D eigenvalue weighted by atomic mass is 10.1. The van der Waals surface area contributed by atoms with Gasteiger partial charge in [0.2, 0.25) is 11.8 Å². The Bertz CT molecular complexity index is 828. The first-order chi connectivity index (χ1) is 11.2. The highest BCUT2D eigenvalue weighted by atomic mass is 16.4. The Balaban J connectivity index is 1.69.